The van der Waals surface area contributed by atoms with E-state index in [1.165, 1.54) is 16.8 Å². The SMILES string of the molecule is CB(C)n1nc(C)c(-c2ccncc2)c1C. The maximum Gasteiger partial charge on any atom is 0.277 e. The maximum absolute atomic E-state index is 4.58. The molecule has 2 aromatic rings. The normalized spacial score (nSPS) is 10.5. The van der Waals surface area contributed by atoms with Crippen molar-refractivity contribution in [3.05, 3.63) is 35.9 Å². The molecule has 0 aromatic carbocycles. The Morgan fingerprint density at radius 1 is 1.12 bits per heavy atom. The van der Waals surface area contributed by atoms with Gasteiger partial charge in [0, 0.05) is 23.7 Å². The van der Waals surface area contributed by atoms with Gasteiger partial charge in [-0.05, 0) is 31.5 Å². The van der Waals surface area contributed by atoms with Crippen molar-refractivity contribution in [2.75, 3.05) is 0 Å². The van der Waals surface area contributed by atoms with E-state index in [4.69, 9.17) is 0 Å². The summed E-state index contributed by atoms with van der Waals surface area (Å²) in [7, 11) is 0. The number of rotatable bonds is 2. The molecule has 0 spiro atoms. The van der Waals surface area contributed by atoms with Crippen LogP contribution in [0.4, 0.5) is 0 Å². The fraction of sp³-hybridized carbons (Fsp3) is 0.333. The van der Waals surface area contributed by atoms with Crippen molar-refractivity contribution in [2.24, 2.45) is 0 Å². The van der Waals surface area contributed by atoms with Crippen molar-refractivity contribution >= 4 is 6.85 Å². The topological polar surface area (TPSA) is 30.7 Å². The van der Waals surface area contributed by atoms with Gasteiger partial charge in [0.25, 0.3) is 6.85 Å². The molecular formula is C12H16BN3. The van der Waals surface area contributed by atoms with Crippen molar-refractivity contribution in [3.63, 3.8) is 0 Å². The minimum absolute atomic E-state index is 0.397. The van der Waals surface area contributed by atoms with Gasteiger partial charge in [0.1, 0.15) is 0 Å². The van der Waals surface area contributed by atoms with Crippen LogP contribution < -0.4 is 0 Å². The van der Waals surface area contributed by atoms with E-state index in [1.54, 1.807) is 0 Å². The Morgan fingerprint density at radius 2 is 1.75 bits per heavy atom. The molecule has 0 N–H and O–H groups in total. The van der Waals surface area contributed by atoms with E-state index in [9.17, 15) is 0 Å². The lowest BCUT2D eigenvalue weighted by Gasteiger charge is -2.06. The smallest absolute Gasteiger partial charge is 0.277 e. The molecule has 0 aliphatic rings. The van der Waals surface area contributed by atoms with Crippen molar-refractivity contribution in [1.82, 2.24) is 14.7 Å². The van der Waals surface area contributed by atoms with Crippen LogP contribution in [-0.2, 0) is 0 Å². The second-order valence-electron chi connectivity index (χ2n) is 4.32. The Kier molecular flexibility index (Phi) is 2.81. The quantitative estimate of drug-likeness (QED) is 0.718. The molecule has 2 rings (SSSR count). The van der Waals surface area contributed by atoms with Gasteiger partial charge in [0.05, 0.1) is 5.69 Å². The summed E-state index contributed by atoms with van der Waals surface area (Å²) in [4.78, 5) is 4.04. The van der Waals surface area contributed by atoms with Gasteiger partial charge in [0.15, 0.2) is 0 Å². The summed E-state index contributed by atoms with van der Waals surface area (Å²) in [5.41, 5.74) is 4.73. The van der Waals surface area contributed by atoms with Gasteiger partial charge in [-0.1, -0.05) is 13.6 Å². The van der Waals surface area contributed by atoms with Crippen LogP contribution in [0.15, 0.2) is 24.5 Å². The molecule has 16 heavy (non-hydrogen) atoms. The fourth-order valence-electron chi connectivity index (χ4n) is 2.10. The molecular weight excluding hydrogens is 197 g/mol. The lowest BCUT2D eigenvalue weighted by Crippen LogP contribution is -2.18. The first-order chi connectivity index (χ1) is 7.61. The first kappa shape index (κ1) is 10.9. The van der Waals surface area contributed by atoms with Crippen LogP contribution in [0, 0.1) is 13.8 Å². The van der Waals surface area contributed by atoms with Crippen molar-refractivity contribution in [2.45, 2.75) is 27.5 Å². The van der Waals surface area contributed by atoms with E-state index in [-0.39, 0.29) is 0 Å². The summed E-state index contributed by atoms with van der Waals surface area (Å²) in [5, 5.41) is 4.58. The molecule has 0 saturated carbocycles. The predicted octanol–water partition coefficient (Wildman–Crippen LogP) is 2.66. The zero-order valence-electron chi connectivity index (χ0n) is 10.2. The van der Waals surface area contributed by atoms with Crippen molar-refractivity contribution in [3.8, 4) is 11.1 Å². The van der Waals surface area contributed by atoms with Crippen molar-refractivity contribution in [1.29, 1.82) is 0 Å². The Labute approximate surface area is 96.6 Å². The summed E-state index contributed by atoms with van der Waals surface area (Å²) in [5.74, 6) is 0. The van der Waals surface area contributed by atoms with E-state index in [0.29, 0.717) is 6.85 Å². The third-order valence-electron chi connectivity index (χ3n) is 2.78. The second kappa shape index (κ2) is 4.12. The number of aromatic nitrogens is 3. The Balaban J connectivity index is 2.58. The van der Waals surface area contributed by atoms with Crippen LogP contribution in [0.2, 0.25) is 13.6 Å². The Hall–Kier alpha value is -1.58. The minimum Gasteiger partial charge on any atom is -0.315 e. The molecule has 0 amide bonds. The molecule has 0 bridgehead atoms. The Morgan fingerprint density at radius 3 is 2.25 bits per heavy atom. The van der Waals surface area contributed by atoms with E-state index >= 15 is 0 Å². The van der Waals surface area contributed by atoms with Crippen molar-refractivity contribution < 1.29 is 0 Å². The highest BCUT2D eigenvalue weighted by Crippen LogP contribution is 2.26. The molecule has 0 aliphatic carbocycles. The summed E-state index contributed by atoms with van der Waals surface area (Å²) in [6.45, 7) is 8.87. The highest BCUT2D eigenvalue weighted by Gasteiger charge is 2.15. The third-order valence-corrected chi connectivity index (χ3v) is 2.78. The molecule has 4 heteroatoms. The van der Waals surface area contributed by atoms with E-state index in [0.717, 1.165) is 5.69 Å². The molecule has 82 valence electrons. The lowest BCUT2D eigenvalue weighted by molar-refractivity contribution is 0.902. The zero-order valence-corrected chi connectivity index (χ0v) is 10.2. The average Bonchev–Trinajstić information content (AvgIpc) is 2.56. The van der Waals surface area contributed by atoms with Crippen LogP contribution >= 0.6 is 0 Å². The van der Waals surface area contributed by atoms with E-state index in [2.05, 4.69) is 42.2 Å². The van der Waals surface area contributed by atoms with E-state index < -0.39 is 0 Å². The monoisotopic (exact) mass is 213 g/mol. The van der Waals surface area contributed by atoms with Crippen LogP contribution in [0.1, 0.15) is 11.4 Å². The number of hydrogen-bond acceptors (Lipinski definition) is 2. The number of pyridine rings is 1. The molecule has 0 unspecified atom stereocenters. The largest absolute Gasteiger partial charge is 0.315 e. The van der Waals surface area contributed by atoms with Gasteiger partial charge in [0.2, 0.25) is 0 Å². The van der Waals surface area contributed by atoms with Gasteiger partial charge >= 0.3 is 0 Å². The molecule has 0 aliphatic heterocycles. The van der Waals surface area contributed by atoms with Gasteiger partial charge in [-0.3, -0.25) is 4.98 Å². The molecule has 3 nitrogen and oxygen atoms in total. The summed E-state index contributed by atoms with van der Waals surface area (Å²) in [6, 6.07) is 4.06. The summed E-state index contributed by atoms with van der Waals surface area (Å²) >= 11 is 0. The predicted molar refractivity (Wildman–Crippen MR) is 67.8 cm³/mol. The summed E-state index contributed by atoms with van der Waals surface area (Å²) in [6.07, 6.45) is 3.64. The highest BCUT2D eigenvalue weighted by atomic mass is 15.2. The van der Waals surface area contributed by atoms with Crippen LogP contribution in [0.3, 0.4) is 0 Å². The third kappa shape index (κ3) is 1.75. The number of aryl methyl sites for hydroxylation is 1. The fourth-order valence-corrected chi connectivity index (χ4v) is 2.10. The van der Waals surface area contributed by atoms with Crippen LogP contribution in [0.5, 0.6) is 0 Å². The highest BCUT2D eigenvalue weighted by molar-refractivity contribution is 6.53. The van der Waals surface area contributed by atoms with E-state index in [1.807, 2.05) is 24.5 Å². The Bertz CT molecular complexity index is 488. The standard InChI is InChI=1S/C12H16BN3/c1-9-12(11-5-7-14-8-6-11)10(2)16(15-9)13(3)4/h5-8H,1-4H3. The van der Waals surface area contributed by atoms with Crippen LogP contribution in [0.25, 0.3) is 11.1 Å². The second-order valence-corrected chi connectivity index (χ2v) is 4.32. The molecule has 0 atom stereocenters. The first-order valence-corrected chi connectivity index (χ1v) is 5.57. The zero-order chi connectivity index (χ0) is 11.7. The molecule has 0 saturated heterocycles. The average molecular weight is 213 g/mol. The lowest BCUT2D eigenvalue weighted by atomic mass is 9.68. The van der Waals surface area contributed by atoms with Crippen LogP contribution in [-0.4, -0.2) is 21.5 Å². The minimum atomic E-state index is 0.397. The molecule has 2 heterocycles. The van der Waals surface area contributed by atoms with Gasteiger partial charge in [-0.15, -0.1) is 0 Å². The van der Waals surface area contributed by atoms with Gasteiger partial charge < -0.3 is 4.59 Å². The molecule has 0 fully saturated rings. The first-order valence-electron chi connectivity index (χ1n) is 5.57. The maximum atomic E-state index is 4.58. The number of hydrogen-bond donors (Lipinski definition) is 0. The summed E-state index contributed by atoms with van der Waals surface area (Å²) < 4.78 is 2.07. The van der Waals surface area contributed by atoms with Gasteiger partial charge in [-0.2, -0.15) is 5.10 Å². The number of nitrogens with zero attached hydrogens (tertiary/aromatic N) is 3. The molecule has 0 radical (unpaired) electrons. The van der Waals surface area contributed by atoms with Gasteiger partial charge in [-0.25, -0.2) is 0 Å². The molecule has 2 aromatic heterocycles.